The van der Waals surface area contributed by atoms with Crippen molar-refractivity contribution in [1.82, 2.24) is 10.3 Å². The first-order valence-corrected chi connectivity index (χ1v) is 6.50. The Labute approximate surface area is 113 Å². The smallest absolute Gasteiger partial charge is 0.0700 e. The molecule has 0 aliphatic carbocycles. The zero-order valence-electron chi connectivity index (χ0n) is 11.3. The molecule has 0 saturated carbocycles. The third-order valence-electron chi connectivity index (χ3n) is 2.89. The molecule has 0 bridgehead atoms. The van der Waals surface area contributed by atoms with Crippen molar-refractivity contribution in [3.63, 3.8) is 0 Å². The number of nitrogens with one attached hydrogen (secondary N) is 1. The highest BCUT2D eigenvalue weighted by atomic mass is 16.5. The number of pyridine rings is 1. The predicted molar refractivity (Wildman–Crippen MR) is 76.1 cm³/mol. The Balaban J connectivity index is 1.72. The Bertz CT molecular complexity index is 502. The van der Waals surface area contributed by atoms with Crippen molar-refractivity contribution in [1.29, 1.82) is 0 Å². The van der Waals surface area contributed by atoms with Crippen LogP contribution >= 0.6 is 0 Å². The third kappa shape index (κ3) is 4.59. The minimum atomic E-state index is 0.651. The number of rotatable bonds is 8. The fraction of sp³-hybridized carbons (Fsp3) is 0.400. The highest BCUT2D eigenvalue weighted by Gasteiger charge is 1.96. The van der Waals surface area contributed by atoms with Gasteiger partial charge in [0.25, 0.3) is 0 Å². The molecular weight excluding hydrogens is 240 g/mol. The SMILES string of the molecule is COCCOCCNCc1ccc2cnccc2c1. The number of benzene rings is 1. The van der Waals surface area contributed by atoms with E-state index < -0.39 is 0 Å². The van der Waals surface area contributed by atoms with Crippen LogP contribution < -0.4 is 5.32 Å². The Morgan fingerprint density at radius 3 is 2.95 bits per heavy atom. The van der Waals surface area contributed by atoms with Crippen LogP contribution in [0.4, 0.5) is 0 Å². The van der Waals surface area contributed by atoms with Crippen LogP contribution in [0.2, 0.25) is 0 Å². The van der Waals surface area contributed by atoms with Gasteiger partial charge in [-0.2, -0.15) is 0 Å². The lowest BCUT2D eigenvalue weighted by atomic mass is 10.1. The average Bonchev–Trinajstić information content (AvgIpc) is 2.46. The summed E-state index contributed by atoms with van der Waals surface area (Å²) in [6.07, 6.45) is 3.71. The van der Waals surface area contributed by atoms with E-state index in [-0.39, 0.29) is 0 Å². The van der Waals surface area contributed by atoms with E-state index in [1.54, 1.807) is 7.11 Å². The number of methoxy groups -OCH3 is 1. The van der Waals surface area contributed by atoms with E-state index in [0.29, 0.717) is 19.8 Å². The van der Waals surface area contributed by atoms with Gasteiger partial charge >= 0.3 is 0 Å². The fourth-order valence-corrected chi connectivity index (χ4v) is 1.86. The van der Waals surface area contributed by atoms with Crippen LogP contribution in [-0.4, -0.2) is 38.5 Å². The Morgan fingerprint density at radius 2 is 2.05 bits per heavy atom. The summed E-state index contributed by atoms with van der Waals surface area (Å²) in [5, 5.41) is 5.76. The van der Waals surface area contributed by atoms with E-state index in [1.807, 2.05) is 18.5 Å². The van der Waals surface area contributed by atoms with Gasteiger partial charge in [-0.3, -0.25) is 4.98 Å². The molecule has 1 N–H and O–H groups in total. The quantitative estimate of drug-likeness (QED) is 0.737. The molecule has 0 radical (unpaired) electrons. The second-order valence-corrected chi connectivity index (χ2v) is 4.34. The van der Waals surface area contributed by atoms with Crippen molar-refractivity contribution in [3.05, 3.63) is 42.2 Å². The van der Waals surface area contributed by atoms with Crippen LogP contribution in [0.5, 0.6) is 0 Å². The lowest BCUT2D eigenvalue weighted by Crippen LogP contribution is -2.20. The first-order valence-electron chi connectivity index (χ1n) is 6.50. The molecule has 1 aromatic carbocycles. The Kier molecular flexibility index (Phi) is 5.75. The summed E-state index contributed by atoms with van der Waals surface area (Å²) in [6, 6.07) is 8.46. The fourth-order valence-electron chi connectivity index (χ4n) is 1.86. The molecule has 1 heterocycles. The number of ether oxygens (including phenoxy) is 2. The summed E-state index contributed by atoms with van der Waals surface area (Å²) in [6.45, 7) is 3.71. The summed E-state index contributed by atoms with van der Waals surface area (Å²) in [5.41, 5.74) is 1.27. The molecule has 19 heavy (non-hydrogen) atoms. The van der Waals surface area contributed by atoms with Crippen LogP contribution in [0.15, 0.2) is 36.7 Å². The molecule has 2 aromatic rings. The van der Waals surface area contributed by atoms with Crippen LogP contribution in [-0.2, 0) is 16.0 Å². The van der Waals surface area contributed by atoms with Gasteiger partial charge in [-0.25, -0.2) is 0 Å². The van der Waals surface area contributed by atoms with Gasteiger partial charge in [-0.15, -0.1) is 0 Å². The van der Waals surface area contributed by atoms with Gasteiger partial charge in [-0.05, 0) is 23.1 Å². The van der Waals surface area contributed by atoms with Crippen molar-refractivity contribution >= 4 is 10.8 Å². The molecule has 2 rings (SSSR count). The van der Waals surface area contributed by atoms with Crippen molar-refractivity contribution in [2.24, 2.45) is 0 Å². The predicted octanol–water partition coefficient (Wildman–Crippen LogP) is 1.99. The van der Waals surface area contributed by atoms with Crippen molar-refractivity contribution < 1.29 is 9.47 Å². The summed E-state index contributed by atoms with van der Waals surface area (Å²) in [5.74, 6) is 0. The number of aromatic nitrogens is 1. The molecule has 102 valence electrons. The molecule has 0 atom stereocenters. The molecule has 0 unspecified atom stereocenters. The molecule has 4 heteroatoms. The zero-order valence-corrected chi connectivity index (χ0v) is 11.3. The standard InChI is InChI=1S/C15H20N2O2/c1-18-8-9-19-7-6-17-11-13-2-3-15-12-16-5-4-14(15)10-13/h2-5,10,12,17H,6-9,11H2,1H3. The number of hydrogen-bond donors (Lipinski definition) is 1. The van der Waals surface area contributed by atoms with Gasteiger partial charge in [-0.1, -0.05) is 12.1 Å². The van der Waals surface area contributed by atoms with Gasteiger partial charge in [0.2, 0.25) is 0 Å². The molecule has 0 spiro atoms. The van der Waals surface area contributed by atoms with Crippen molar-refractivity contribution in [2.45, 2.75) is 6.54 Å². The molecule has 0 saturated heterocycles. The maximum absolute atomic E-state index is 5.39. The van der Waals surface area contributed by atoms with Crippen LogP contribution in [0.25, 0.3) is 10.8 Å². The second-order valence-electron chi connectivity index (χ2n) is 4.34. The molecule has 0 aliphatic heterocycles. The molecule has 0 amide bonds. The van der Waals surface area contributed by atoms with Crippen LogP contribution in [0.1, 0.15) is 5.56 Å². The van der Waals surface area contributed by atoms with E-state index >= 15 is 0 Å². The van der Waals surface area contributed by atoms with E-state index in [1.165, 1.54) is 16.3 Å². The number of nitrogens with zero attached hydrogens (tertiary/aromatic N) is 1. The molecule has 4 nitrogen and oxygen atoms in total. The Morgan fingerprint density at radius 1 is 1.11 bits per heavy atom. The number of fused-ring (bicyclic) bond motifs is 1. The molecule has 0 fully saturated rings. The van der Waals surface area contributed by atoms with Gasteiger partial charge < -0.3 is 14.8 Å². The van der Waals surface area contributed by atoms with Crippen molar-refractivity contribution in [3.8, 4) is 0 Å². The second kappa shape index (κ2) is 7.84. The topological polar surface area (TPSA) is 43.4 Å². The highest BCUT2D eigenvalue weighted by Crippen LogP contribution is 2.14. The summed E-state index contributed by atoms with van der Waals surface area (Å²) in [7, 11) is 1.68. The monoisotopic (exact) mass is 260 g/mol. The maximum Gasteiger partial charge on any atom is 0.0700 e. The van der Waals surface area contributed by atoms with E-state index in [0.717, 1.165) is 13.1 Å². The average molecular weight is 260 g/mol. The summed E-state index contributed by atoms with van der Waals surface area (Å²) in [4.78, 5) is 4.11. The summed E-state index contributed by atoms with van der Waals surface area (Å²) < 4.78 is 10.3. The first-order chi connectivity index (χ1) is 9.40. The Hall–Kier alpha value is -1.49. The van der Waals surface area contributed by atoms with Gasteiger partial charge in [0.15, 0.2) is 0 Å². The summed E-state index contributed by atoms with van der Waals surface area (Å²) >= 11 is 0. The van der Waals surface area contributed by atoms with Crippen molar-refractivity contribution in [2.75, 3.05) is 33.5 Å². The molecule has 0 aliphatic rings. The minimum Gasteiger partial charge on any atom is -0.382 e. The highest BCUT2D eigenvalue weighted by molar-refractivity contribution is 5.81. The molecular formula is C15H20N2O2. The number of hydrogen-bond acceptors (Lipinski definition) is 4. The van der Waals surface area contributed by atoms with Gasteiger partial charge in [0, 0.05) is 38.0 Å². The van der Waals surface area contributed by atoms with Gasteiger partial charge in [0.1, 0.15) is 0 Å². The largest absolute Gasteiger partial charge is 0.382 e. The van der Waals surface area contributed by atoms with E-state index in [4.69, 9.17) is 9.47 Å². The molecule has 1 aromatic heterocycles. The van der Waals surface area contributed by atoms with E-state index in [9.17, 15) is 0 Å². The third-order valence-corrected chi connectivity index (χ3v) is 2.89. The lowest BCUT2D eigenvalue weighted by Gasteiger charge is -2.07. The van der Waals surface area contributed by atoms with Crippen LogP contribution in [0.3, 0.4) is 0 Å². The van der Waals surface area contributed by atoms with Crippen LogP contribution in [0, 0.1) is 0 Å². The lowest BCUT2D eigenvalue weighted by molar-refractivity contribution is 0.0719. The zero-order chi connectivity index (χ0) is 13.3. The van der Waals surface area contributed by atoms with E-state index in [2.05, 4.69) is 28.5 Å². The normalized spacial score (nSPS) is 11.0. The van der Waals surface area contributed by atoms with Gasteiger partial charge in [0.05, 0.1) is 19.8 Å². The first kappa shape index (κ1) is 13.9. The maximum atomic E-state index is 5.39. The minimum absolute atomic E-state index is 0.651.